The van der Waals surface area contributed by atoms with Crippen LogP contribution in [-0.4, -0.2) is 25.5 Å². The summed E-state index contributed by atoms with van der Waals surface area (Å²) in [6, 6.07) is 5.27. The van der Waals surface area contributed by atoms with Gasteiger partial charge in [-0.25, -0.2) is 0 Å². The van der Waals surface area contributed by atoms with Crippen molar-refractivity contribution in [3.05, 3.63) is 18.2 Å². The maximum atomic E-state index is 11.5. The summed E-state index contributed by atoms with van der Waals surface area (Å²) >= 11 is 0. The van der Waals surface area contributed by atoms with E-state index in [-0.39, 0.29) is 18.4 Å². The Morgan fingerprint density at radius 2 is 2.25 bits per heavy atom. The van der Waals surface area contributed by atoms with Crippen molar-refractivity contribution in [2.75, 3.05) is 23.9 Å². The lowest BCUT2D eigenvalue weighted by molar-refractivity contribution is -0.121. The predicted molar refractivity (Wildman–Crippen MR) is 59.7 cm³/mol. The molecular weight excluding hydrogens is 208 g/mol. The van der Waals surface area contributed by atoms with Crippen molar-refractivity contribution in [1.82, 2.24) is 0 Å². The van der Waals surface area contributed by atoms with Gasteiger partial charge in [-0.3, -0.25) is 9.59 Å². The summed E-state index contributed by atoms with van der Waals surface area (Å²) in [5.74, 6) is 0.290. The Labute approximate surface area is 93.0 Å². The number of likely N-dealkylation sites (N-methyl/N-ethyl adjacent to an activating group) is 1. The summed E-state index contributed by atoms with van der Waals surface area (Å²) in [4.78, 5) is 24.0. The predicted octanol–water partition coefficient (Wildman–Crippen LogP) is 1.00. The van der Waals surface area contributed by atoms with E-state index in [1.165, 1.54) is 11.8 Å². The number of hydrogen-bond donors (Lipinski definition) is 1. The molecule has 1 N–H and O–H groups in total. The number of carbonyl (C=O) groups excluding carboxylic acids is 2. The van der Waals surface area contributed by atoms with E-state index in [2.05, 4.69) is 5.32 Å². The fraction of sp³-hybridized carbons (Fsp3) is 0.273. The summed E-state index contributed by atoms with van der Waals surface area (Å²) in [7, 11) is 1.66. The summed E-state index contributed by atoms with van der Waals surface area (Å²) in [6.45, 7) is 1.46. The number of carbonyl (C=O) groups is 2. The van der Waals surface area contributed by atoms with Crippen LogP contribution in [0, 0.1) is 0 Å². The zero-order chi connectivity index (χ0) is 11.7. The number of hydrogen-bond acceptors (Lipinski definition) is 3. The molecule has 0 saturated carbocycles. The van der Waals surface area contributed by atoms with Crippen molar-refractivity contribution in [2.45, 2.75) is 6.92 Å². The molecule has 5 nitrogen and oxygen atoms in total. The van der Waals surface area contributed by atoms with Crippen molar-refractivity contribution < 1.29 is 14.3 Å². The van der Waals surface area contributed by atoms with Crippen LogP contribution in [0.5, 0.6) is 5.75 Å². The van der Waals surface area contributed by atoms with Gasteiger partial charge in [-0.05, 0) is 12.1 Å². The molecule has 16 heavy (non-hydrogen) atoms. The van der Waals surface area contributed by atoms with Crippen molar-refractivity contribution >= 4 is 23.2 Å². The second-order valence-electron chi connectivity index (χ2n) is 3.57. The minimum atomic E-state index is -0.181. The minimum absolute atomic E-state index is 0.0347. The highest BCUT2D eigenvalue weighted by atomic mass is 16.5. The van der Waals surface area contributed by atoms with Crippen molar-refractivity contribution in [1.29, 1.82) is 0 Å². The molecule has 1 aliphatic heterocycles. The van der Waals surface area contributed by atoms with Crippen LogP contribution in [0.1, 0.15) is 6.92 Å². The monoisotopic (exact) mass is 220 g/mol. The molecule has 0 fully saturated rings. The average molecular weight is 220 g/mol. The molecule has 0 saturated heterocycles. The van der Waals surface area contributed by atoms with Gasteiger partial charge in [-0.2, -0.15) is 0 Å². The summed E-state index contributed by atoms with van der Waals surface area (Å²) in [6.07, 6.45) is 0. The second-order valence-corrected chi connectivity index (χ2v) is 3.57. The zero-order valence-corrected chi connectivity index (χ0v) is 9.11. The molecule has 0 atom stereocenters. The molecule has 0 spiro atoms. The number of ether oxygens (including phenoxy) is 1. The lowest BCUT2D eigenvalue weighted by Crippen LogP contribution is -2.36. The van der Waals surface area contributed by atoms with E-state index < -0.39 is 0 Å². The summed E-state index contributed by atoms with van der Waals surface area (Å²) < 4.78 is 5.29. The quantitative estimate of drug-likeness (QED) is 0.768. The molecule has 84 valence electrons. The van der Waals surface area contributed by atoms with Gasteiger partial charge in [0.15, 0.2) is 6.61 Å². The Morgan fingerprint density at radius 3 is 2.94 bits per heavy atom. The fourth-order valence-corrected chi connectivity index (χ4v) is 1.64. The van der Waals surface area contributed by atoms with Crippen LogP contribution < -0.4 is 15.0 Å². The molecule has 2 rings (SSSR count). The first kappa shape index (κ1) is 10.5. The van der Waals surface area contributed by atoms with Crippen molar-refractivity contribution in [3.8, 4) is 5.75 Å². The molecule has 0 radical (unpaired) electrons. The molecule has 0 aromatic heterocycles. The first-order chi connectivity index (χ1) is 7.59. The highest BCUT2D eigenvalue weighted by molar-refractivity contribution is 6.04. The van der Waals surface area contributed by atoms with Crippen molar-refractivity contribution in [2.24, 2.45) is 0 Å². The Bertz CT molecular complexity index is 457. The molecule has 5 heteroatoms. The number of amides is 2. The van der Waals surface area contributed by atoms with Crippen LogP contribution in [0.25, 0.3) is 0 Å². The van der Waals surface area contributed by atoms with E-state index in [0.717, 1.165) is 0 Å². The largest absolute Gasteiger partial charge is 0.481 e. The Balaban J connectivity index is 2.48. The number of para-hydroxylation sites is 1. The minimum Gasteiger partial charge on any atom is -0.481 e. The fourth-order valence-electron chi connectivity index (χ4n) is 1.64. The van der Waals surface area contributed by atoms with Crippen LogP contribution >= 0.6 is 0 Å². The number of anilines is 2. The first-order valence-corrected chi connectivity index (χ1v) is 4.89. The van der Waals surface area contributed by atoms with Gasteiger partial charge < -0.3 is 15.0 Å². The van der Waals surface area contributed by atoms with Crippen LogP contribution in [0.4, 0.5) is 11.4 Å². The molecule has 1 aliphatic rings. The highest BCUT2D eigenvalue weighted by Crippen LogP contribution is 2.37. The third kappa shape index (κ3) is 1.71. The zero-order valence-electron chi connectivity index (χ0n) is 9.11. The van der Waals surface area contributed by atoms with Gasteiger partial charge in [0.05, 0.1) is 5.69 Å². The molecule has 0 unspecified atom stereocenters. The summed E-state index contributed by atoms with van der Waals surface area (Å²) in [5.41, 5.74) is 1.19. The van der Waals surface area contributed by atoms with Gasteiger partial charge in [0.2, 0.25) is 5.91 Å². The van der Waals surface area contributed by atoms with Crippen LogP contribution in [0.15, 0.2) is 18.2 Å². The molecule has 0 aliphatic carbocycles. The topological polar surface area (TPSA) is 58.6 Å². The maximum absolute atomic E-state index is 11.5. The Hall–Kier alpha value is -2.04. The third-order valence-electron chi connectivity index (χ3n) is 2.37. The highest BCUT2D eigenvalue weighted by Gasteiger charge is 2.25. The molecule has 0 bridgehead atoms. The SMILES string of the molecule is CC(=O)Nc1cccc2c1N(C)C(=O)CO2. The normalized spacial score (nSPS) is 14.1. The van der Waals surface area contributed by atoms with E-state index in [1.54, 1.807) is 25.2 Å². The lowest BCUT2D eigenvalue weighted by atomic mass is 10.2. The summed E-state index contributed by atoms with van der Waals surface area (Å²) in [5, 5.41) is 2.67. The smallest absolute Gasteiger partial charge is 0.264 e. The van der Waals surface area contributed by atoms with E-state index >= 15 is 0 Å². The van der Waals surface area contributed by atoms with Crippen LogP contribution in [0.2, 0.25) is 0 Å². The number of nitrogens with zero attached hydrogens (tertiary/aromatic N) is 1. The third-order valence-corrected chi connectivity index (χ3v) is 2.37. The molecule has 2 amide bonds. The first-order valence-electron chi connectivity index (χ1n) is 4.89. The number of fused-ring (bicyclic) bond motifs is 1. The lowest BCUT2D eigenvalue weighted by Gasteiger charge is -2.27. The standard InChI is InChI=1S/C11H12N2O3/c1-7(14)12-8-4-3-5-9-11(8)13(2)10(15)6-16-9/h3-5H,6H2,1-2H3,(H,12,14). The van der Waals surface area contributed by atoms with E-state index in [1.807, 2.05) is 0 Å². The van der Waals surface area contributed by atoms with Crippen molar-refractivity contribution in [3.63, 3.8) is 0 Å². The number of benzene rings is 1. The molecular formula is C11H12N2O3. The Morgan fingerprint density at radius 1 is 1.50 bits per heavy atom. The van der Waals surface area contributed by atoms with Gasteiger partial charge in [0.1, 0.15) is 11.4 Å². The molecule has 1 heterocycles. The molecule has 1 aromatic rings. The van der Waals surface area contributed by atoms with Crippen LogP contribution in [0.3, 0.4) is 0 Å². The maximum Gasteiger partial charge on any atom is 0.264 e. The van der Waals surface area contributed by atoms with Gasteiger partial charge in [0, 0.05) is 14.0 Å². The second kappa shape index (κ2) is 3.84. The van der Waals surface area contributed by atoms with Gasteiger partial charge in [-0.15, -0.1) is 0 Å². The van der Waals surface area contributed by atoms with Gasteiger partial charge in [-0.1, -0.05) is 6.07 Å². The van der Waals surface area contributed by atoms with E-state index in [4.69, 9.17) is 4.74 Å². The van der Waals surface area contributed by atoms with E-state index in [0.29, 0.717) is 17.1 Å². The van der Waals surface area contributed by atoms with Gasteiger partial charge in [0.25, 0.3) is 5.91 Å². The number of rotatable bonds is 1. The molecule has 1 aromatic carbocycles. The average Bonchev–Trinajstić information content (AvgIpc) is 2.23. The van der Waals surface area contributed by atoms with Crippen LogP contribution in [-0.2, 0) is 9.59 Å². The number of nitrogens with one attached hydrogen (secondary N) is 1. The Kier molecular flexibility index (Phi) is 2.52. The van der Waals surface area contributed by atoms with E-state index in [9.17, 15) is 9.59 Å². The van der Waals surface area contributed by atoms with Gasteiger partial charge >= 0.3 is 0 Å².